The van der Waals surface area contributed by atoms with Gasteiger partial charge in [-0.2, -0.15) is 0 Å². The van der Waals surface area contributed by atoms with Gasteiger partial charge in [0.1, 0.15) is 5.82 Å². The molecule has 6 nitrogen and oxygen atoms in total. The molecule has 160 valence electrons. The summed E-state index contributed by atoms with van der Waals surface area (Å²) in [5.41, 5.74) is 0.349. The van der Waals surface area contributed by atoms with Crippen LogP contribution in [0.25, 0.3) is 0 Å². The third-order valence-corrected chi connectivity index (χ3v) is 3.98. The highest BCUT2D eigenvalue weighted by Crippen LogP contribution is 2.12. The summed E-state index contributed by atoms with van der Waals surface area (Å²) in [4.78, 5) is 20.2. The van der Waals surface area contributed by atoms with E-state index >= 15 is 0 Å². The second-order valence-corrected chi connectivity index (χ2v) is 6.44. The van der Waals surface area contributed by atoms with Crippen LogP contribution >= 0.6 is 0 Å². The largest absolute Gasteiger partial charge is 0.477 e. The number of hydrogen-bond donors (Lipinski definition) is 2. The van der Waals surface area contributed by atoms with E-state index in [2.05, 4.69) is 35.4 Å². The van der Waals surface area contributed by atoms with Gasteiger partial charge in [-0.25, -0.2) is 14.4 Å². The van der Waals surface area contributed by atoms with Crippen LogP contribution in [-0.2, 0) is 4.79 Å². The number of allylic oxidation sites excluding steroid dienone is 3. The number of unbranched alkanes of at least 4 members (excludes halogenated alkanes) is 1. The zero-order valence-electron chi connectivity index (χ0n) is 17.3. The Kier molecular flexibility index (Phi) is 12.0. The van der Waals surface area contributed by atoms with Crippen LogP contribution in [0.4, 0.5) is 4.39 Å². The van der Waals surface area contributed by atoms with Crippen molar-refractivity contribution in [2.45, 2.75) is 26.2 Å². The Morgan fingerprint density at radius 1 is 1.40 bits per heavy atom. The molecule has 0 aliphatic heterocycles. The van der Waals surface area contributed by atoms with E-state index in [1.165, 1.54) is 30.5 Å². The van der Waals surface area contributed by atoms with Gasteiger partial charge in [-0.1, -0.05) is 57.2 Å². The van der Waals surface area contributed by atoms with Gasteiger partial charge in [-0.3, -0.25) is 10.2 Å². The van der Waals surface area contributed by atoms with Crippen LogP contribution in [0.1, 0.15) is 26.2 Å². The van der Waals surface area contributed by atoms with Gasteiger partial charge in [-0.15, -0.1) is 0 Å². The SMILES string of the molecule is C=CC=NC(=N)C(/C=C\C=C)=C\C(=O)NC[C@@H](CCCC)COc1ccc(F)cn1. The minimum Gasteiger partial charge on any atom is -0.477 e. The molecule has 0 radical (unpaired) electrons. The molecular formula is C23H29FN4O2. The fraction of sp³-hybridized carbons (Fsp3) is 0.304. The Morgan fingerprint density at radius 3 is 2.83 bits per heavy atom. The lowest BCUT2D eigenvalue weighted by Crippen LogP contribution is -2.31. The molecule has 2 N–H and O–H groups in total. The van der Waals surface area contributed by atoms with Crippen LogP contribution in [0.15, 0.2) is 72.4 Å². The normalized spacial score (nSPS) is 12.7. The molecule has 0 aromatic carbocycles. The molecule has 0 bridgehead atoms. The summed E-state index contributed by atoms with van der Waals surface area (Å²) in [7, 11) is 0. The average Bonchev–Trinajstić information content (AvgIpc) is 2.75. The number of amides is 1. The molecule has 30 heavy (non-hydrogen) atoms. The molecule has 1 atom stereocenters. The number of ether oxygens (including phenoxy) is 1. The summed E-state index contributed by atoms with van der Waals surface area (Å²) < 4.78 is 18.6. The van der Waals surface area contributed by atoms with Crippen molar-refractivity contribution >= 4 is 18.0 Å². The number of nitrogens with zero attached hydrogens (tertiary/aromatic N) is 2. The molecule has 0 aliphatic rings. The molecule has 0 unspecified atom stereocenters. The maximum Gasteiger partial charge on any atom is 0.244 e. The van der Waals surface area contributed by atoms with E-state index in [9.17, 15) is 9.18 Å². The summed E-state index contributed by atoms with van der Waals surface area (Å²) in [5.74, 6) is -0.405. The van der Waals surface area contributed by atoms with Gasteiger partial charge >= 0.3 is 0 Å². The topological polar surface area (TPSA) is 87.4 Å². The lowest BCUT2D eigenvalue weighted by molar-refractivity contribution is -0.116. The van der Waals surface area contributed by atoms with Gasteiger partial charge in [-0.05, 0) is 12.5 Å². The van der Waals surface area contributed by atoms with E-state index in [0.29, 0.717) is 24.6 Å². The number of aliphatic imine (C=N–C) groups is 1. The predicted octanol–water partition coefficient (Wildman–Crippen LogP) is 4.42. The molecule has 0 spiro atoms. The fourth-order valence-corrected chi connectivity index (χ4v) is 2.39. The molecule has 0 fully saturated rings. The van der Waals surface area contributed by atoms with Crippen molar-refractivity contribution in [2.75, 3.05) is 13.2 Å². The average molecular weight is 413 g/mol. The first-order chi connectivity index (χ1) is 14.5. The summed E-state index contributed by atoms with van der Waals surface area (Å²) >= 11 is 0. The third-order valence-electron chi connectivity index (χ3n) is 3.98. The quantitative estimate of drug-likeness (QED) is 0.217. The molecule has 7 heteroatoms. The van der Waals surface area contributed by atoms with Gasteiger partial charge in [0.2, 0.25) is 11.8 Å². The monoisotopic (exact) mass is 412 g/mol. The van der Waals surface area contributed by atoms with Crippen LogP contribution in [0.3, 0.4) is 0 Å². The highest BCUT2D eigenvalue weighted by atomic mass is 19.1. The summed E-state index contributed by atoms with van der Waals surface area (Å²) in [6.45, 7) is 9.96. The van der Waals surface area contributed by atoms with Gasteiger partial charge in [0.05, 0.1) is 12.8 Å². The highest BCUT2D eigenvalue weighted by molar-refractivity contribution is 6.07. The van der Waals surface area contributed by atoms with E-state index in [1.54, 1.807) is 18.2 Å². The van der Waals surface area contributed by atoms with Gasteiger partial charge in [0.15, 0.2) is 5.84 Å². The van der Waals surface area contributed by atoms with Gasteiger partial charge < -0.3 is 10.1 Å². The molecular weight excluding hydrogens is 383 g/mol. The third kappa shape index (κ3) is 10.3. The standard InChI is InChI=1S/C23H29FN4O2/c1-4-7-9-18(17-30-22-12-11-20(24)16-28-22)15-27-21(29)14-19(10-8-5-2)23(25)26-13-6-3/h5-6,8,10-14,16,18,25H,2-4,7,9,15,17H2,1H3,(H,27,29)/b10-8-,19-14-,25-23?,26-13?/t18-/m1/s1. The van der Waals surface area contributed by atoms with Crippen LogP contribution in [0.5, 0.6) is 5.88 Å². The Bertz CT molecular complexity index is 798. The maximum atomic E-state index is 13.0. The number of hydrogen-bond acceptors (Lipinski definition) is 4. The van der Waals surface area contributed by atoms with Crippen LogP contribution in [-0.4, -0.2) is 36.1 Å². The fourth-order valence-electron chi connectivity index (χ4n) is 2.39. The van der Waals surface area contributed by atoms with E-state index in [1.807, 2.05) is 0 Å². The number of halogens is 1. The van der Waals surface area contributed by atoms with Crippen molar-refractivity contribution in [3.05, 3.63) is 73.3 Å². The molecule has 0 aliphatic carbocycles. The van der Waals surface area contributed by atoms with Crippen molar-refractivity contribution in [3.8, 4) is 5.88 Å². The second-order valence-electron chi connectivity index (χ2n) is 6.44. The minimum atomic E-state index is -0.423. The molecule has 1 heterocycles. The van der Waals surface area contributed by atoms with E-state index < -0.39 is 5.82 Å². The van der Waals surface area contributed by atoms with Crippen molar-refractivity contribution < 1.29 is 13.9 Å². The molecule has 1 amide bonds. The zero-order chi connectivity index (χ0) is 22.2. The molecule has 1 aromatic heterocycles. The number of rotatable bonds is 13. The zero-order valence-corrected chi connectivity index (χ0v) is 17.3. The first kappa shape index (κ1) is 24.7. The number of aromatic nitrogens is 1. The van der Waals surface area contributed by atoms with Crippen molar-refractivity contribution in [1.29, 1.82) is 5.41 Å². The number of pyridine rings is 1. The van der Waals surface area contributed by atoms with E-state index in [-0.39, 0.29) is 17.7 Å². The van der Waals surface area contributed by atoms with Gasteiger partial charge in [0.25, 0.3) is 0 Å². The summed E-state index contributed by atoms with van der Waals surface area (Å²) in [5, 5.41) is 10.8. The maximum absolute atomic E-state index is 13.0. The highest BCUT2D eigenvalue weighted by Gasteiger charge is 2.12. The van der Waals surface area contributed by atoms with Crippen molar-refractivity contribution in [1.82, 2.24) is 10.3 Å². The lowest BCUT2D eigenvalue weighted by atomic mass is 10.0. The smallest absolute Gasteiger partial charge is 0.244 e. The number of carbonyl (C=O) groups excluding carboxylic acids is 1. The molecule has 0 saturated heterocycles. The lowest BCUT2D eigenvalue weighted by Gasteiger charge is -2.17. The molecule has 1 rings (SSSR count). The van der Waals surface area contributed by atoms with Crippen LogP contribution < -0.4 is 10.1 Å². The Balaban J connectivity index is 2.73. The molecule has 0 saturated carbocycles. The van der Waals surface area contributed by atoms with Crippen molar-refractivity contribution in [3.63, 3.8) is 0 Å². The Labute approximate surface area is 177 Å². The first-order valence-electron chi connectivity index (χ1n) is 9.77. The number of carbonyl (C=O) groups is 1. The summed E-state index contributed by atoms with van der Waals surface area (Å²) in [6, 6.07) is 2.76. The summed E-state index contributed by atoms with van der Waals surface area (Å²) in [6.07, 6.45) is 12.9. The Hall–Kier alpha value is -3.35. The number of amidine groups is 1. The first-order valence-corrected chi connectivity index (χ1v) is 9.77. The minimum absolute atomic E-state index is 0.0589. The van der Waals surface area contributed by atoms with E-state index in [0.717, 1.165) is 25.5 Å². The predicted molar refractivity (Wildman–Crippen MR) is 120 cm³/mol. The molecule has 1 aromatic rings. The van der Waals surface area contributed by atoms with Crippen LogP contribution in [0.2, 0.25) is 0 Å². The number of nitrogens with one attached hydrogen (secondary N) is 2. The van der Waals surface area contributed by atoms with Crippen LogP contribution in [0, 0.1) is 17.1 Å². The van der Waals surface area contributed by atoms with Crippen molar-refractivity contribution in [2.24, 2.45) is 10.9 Å². The Morgan fingerprint density at radius 2 is 2.20 bits per heavy atom. The van der Waals surface area contributed by atoms with E-state index in [4.69, 9.17) is 10.1 Å². The second kappa shape index (κ2) is 14.6. The van der Waals surface area contributed by atoms with Gasteiger partial charge in [0, 0.05) is 36.4 Å².